The lowest BCUT2D eigenvalue weighted by molar-refractivity contribution is -0.125. The fourth-order valence-corrected chi connectivity index (χ4v) is 3.08. The molecule has 3 aromatic rings. The van der Waals surface area contributed by atoms with Gasteiger partial charge in [-0.05, 0) is 37.1 Å². The van der Waals surface area contributed by atoms with Gasteiger partial charge in [0.15, 0.2) is 5.65 Å². The Morgan fingerprint density at radius 1 is 1.12 bits per heavy atom. The number of carbonyl (C=O) groups excluding carboxylic acids is 1. The topological polar surface area (TPSA) is 59.8 Å². The van der Waals surface area contributed by atoms with E-state index in [2.05, 4.69) is 14.9 Å². The molecular formula is C20H24N4O. The highest BCUT2D eigenvalue weighted by atomic mass is 16.1. The van der Waals surface area contributed by atoms with Crippen LogP contribution in [-0.4, -0.2) is 27.0 Å². The third kappa shape index (κ3) is 3.71. The average molecular weight is 336 g/mol. The minimum Gasteiger partial charge on any atom is -0.355 e. The molecule has 1 aromatic carbocycles. The molecule has 0 saturated carbocycles. The van der Waals surface area contributed by atoms with E-state index in [1.165, 1.54) is 0 Å². The zero-order chi connectivity index (χ0) is 17.6. The van der Waals surface area contributed by atoms with Gasteiger partial charge in [-0.1, -0.05) is 32.0 Å². The van der Waals surface area contributed by atoms with E-state index in [1.807, 2.05) is 56.3 Å². The monoisotopic (exact) mass is 336 g/mol. The smallest absolute Gasteiger partial charge is 0.223 e. The molecule has 0 atom stereocenters. The highest BCUT2D eigenvalue weighted by Gasteiger charge is 2.16. The predicted octanol–water partition coefficient (Wildman–Crippen LogP) is 3.52. The van der Waals surface area contributed by atoms with E-state index in [0.29, 0.717) is 13.0 Å². The molecule has 0 radical (unpaired) electrons. The third-order valence-electron chi connectivity index (χ3n) is 4.50. The van der Waals surface area contributed by atoms with Gasteiger partial charge in [-0.3, -0.25) is 9.36 Å². The number of pyridine rings is 1. The second-order valence-electron chi connectivity index (χ2n) is 6.10. The van der Waals surface area contributed by atoms with Crippen LogP contribution in [0.15, 0.2) is 48.7 Å². The van der Waals surface area contributed by atoms with E-state index in [0.717, 1.165) is 35.5 Å². The molecule has 1 amide bonds. The number of hydrogen-bond acceptors (Lipinski definition) is 3. The maximum Gasteiger partial charge on any atom is 0.223 e. The first-order valence-electron chi connectivity index (χ1n) is 8.90. The molecule has 0 aliphatic carbocycles. The molecule has 0 aliphatic heterocycles. The fraction of sp³-hybridized carbons (Fsp3) is 0.350. The quantitative estimate of drug-likeness (QED) is 0.718. The van der Waals surface area contributed by atoms with Crippen molar-refractivity contribution in [1.82, 2.24) is 19.9 Å². The van der Waals surface area contributed by atoms with Gasteiger partial charge < -0.3 is 5.32 Å². The van der Waals surface area contributed by atoms with Crippen molar-refractivity contribution in [2.75, 3.05) is 6.54 Å². The van der Waals surface area contributed by atoms with E-state index in [-0.39, 0.29) is 11.8 Å². The highest BCUT2D eigenvalue weighted by molar-refractivity contribution is 5.78. The van der Waals surface area contributed by atoms with Crippen LogP contribution < -0.4 is 5.32 Å². The number of aromatic nitrogens is 3. The van der Waals surface area contributed by atoms with Crippen LogP contribution in [0.5, 0.6) is 0 Å². The van der Waals surface area contributed by atoms with Crippen LogP contribution in [0.2, 0.25) is 0 Å². The number of nitrogens with zero attached hydrogens (tertiary/aromatic N) is 3. The Balaban J connectivity index is 1.83. The molecule has 0 unspecified atom stereocenters. The maximum absolute atomic E-state index is 12.2. The predicted molar refractivity (Wildman–Crippen MR) is 99.7 cm³/mol. The molecule has 0 saturated heterocycles. The summed E-state index contributed by atoms with van der Waals surface area (Å²) < 4.78 is 2.07. The Hall–Kier alpha value is -2.69. The summed E-state index contributed by atoms with van der Waals surface area (Å²) in [5.41, 5.74) is 2.74. The lowest BCUT2D eigenvalue weighted by atomic mass is 10.0. The number of carbonyl (C=O) groups is 1. The summed E-state index contributed by atoms with van der Waals surface area (Å²) in [7, 11) is 0. The molecule has 0 spiro atoms. The second-order valence-corrected chi connectivity index (χ2v) is 6.10. The summed E-state index contributed by atoms with van der Waals surface area (Å²) >= 11 is 0. The van der Waals surface area contributed by atoms with Crippen molar-refractivity contribution in [3.8, 4) is 5.69 Å². The second kappa shape index (κ2) is 7.92. The summed E-state index contributed by atoms with van der Waals surface area (Å²) in [5.74, 6) is 1.13. The number of imidazole rings is 1. The van der Waals surface area contributed by atoms with Gasteiger partial charge >= 0.3 is 0 Å². The summed E-state index contributed by atoms with van der Waals surface area (Å²) in [6.45, 7) is 4.67. The molecule has 25 heavy (non-hydrogen) atoms. The van der Waals surface area contributed by atoms with Gasteiger partial charge in [-0.25, -0.2) is 9.97 Å². The van der Waals surface area contributed by atoms with Gasteiger partial charge in [0.2, 0.25) is 5.91 Å². The number of para-hydroxylation sites is 1. The summed E-state index contributed by atoms with van der Waals surface area (Å²) in [4.78, 5) is 21.4. The molecule has 130 valence electrons. The first-order chi connectivity index (χ1) is 12.2. The summed E-state index contributed by atoms with van der Waals surface area (Å²) in [6, 6.07) is 13.9. The molecule has 1 N–H and O–H groups in total. The van der Waals surface area contributed by atoms with Gasteiger partial charge in [-0.2, -0.15) is 0 Å². The molecule has 0 aliphatic rings. The molecular weight excluding hydrogens is 312 g/mol. The van der Waals surface area contributed by atoms with Gasteiger partial charge in [0, 0.05) is 30.8 Å². The van der Waals surface area contributed by atoms with E-state index in [1.54, 1.807) is 6.20 Å². The van der Waals surface area contributed by atoms with E-state index in [4.69, 9.17) is 4.98 Å². The number of fused-ring (bicyclic) bond motifs is 1. The maximum atomic E-state index is 12.2. The van der Waals surface area contributed by atoms with Crippen molar-refractivity contribution in [3.63, 3.8) is 0 Å². The fourth-order valence-electron chi connectivity index (χ4n) is 3.08. The van der Waals surface area contributed by atoms with Crippen LogP contribution in [0.4, 0.5) is 0 Å². The third-order valence-corrected chi connectivity index (χ3v) is 4.50. The van der Waals surface area contributed by atoms with Crippen LogP contribution in [0.1, 0.15) is 32.5 Å². The Morgan fingerprint density at radius 3 is 2.60 bits per heavy atom. The molecule has 2 heterocycles. The SMILES string of the molecule is CCC(CC)C(=O)NCCc1nc2cccnc2n1-c1ccccc1. The molecule has 5 nitrogen and oxygen atoms in total. The minimum absolute atomic E-state index is 0.0922. The molecule has 0 fully saturated rings. The summed E-state index contributed by atoms with van der Waals surface area (Å²) in [5, 5.41) is 3.04. The van der Waals surface area contributed by atoms with Crippen molar-refractivity contribution in [1.29, 1.82) is 0 Å². The zero-order valence-electron chi connectivity index (χ0n) is 14.8. The number of rotatable bonds is 7. The Kier molecular flexibility index (Phi) is 5.43. The lowest BCUT2D eigenvalue weighted by Gasteiger charge is -2.13. The van der Waals surface area contributed by atoms with Gasteiger partial charge in [0.05, 0.1) is 0 Å². The van der Waals surface area contributed by atoms with Crippen molar-refractivity contribution in [2.45, 2.75) is 33.1 Å². The standard InChI is InChI=1S/C20H24N4O/c1-3-15(4-2)20(25)22-14-12-18-23-17-11-8-13-21-19(17)24(18)16-9-6-5-7-10-16/h5-11,13,15H,3-4,12,14H2,1-2H3,(H,22,25). The van der Waals surface area contributed by atoms with Gasteiger partial charge in [0.25, 0.3) is 0 Å². The van der Waals surface area contributed by atoms with Crippen molar-refractivity contribution in [2.24, 2.45) is 5.92 Å². The van der Waals surface area contributed by atoms with E-state index in [9.17, 15) is 4.79 Å². The highest BCUT2D eigenvalue weighted by Crippen LogP contribution is 2.19. The number of amides is 1. The van der Waals surface area contributed by atoms with Crippen LogP contribution in [0.3, 0.4) is 0 Å². The van der Waals surface area contributed by atoms with Crippen LogP contribution in [-0.2, 0) is 11.2 Å². The summed E-state index contributed by atoms with van der Waals surface area (Å²) in [6.07, 6.45) is 4.18. The van der Waals surface area contributed by atoms with Crippen LogP contribution >= 0.6 is 0 Å². The van der Waals surface area contributed by atoms with Crippen molar-refractivity contribution >= 4 is 17.1 Å². The normalized spacial score (nSPS) is 11.2. The average Bonchev–Trinajstić information content (AvgIpc) is 3.01. The van der Waals surface area contributed by atoms with Crippen molar-refractivity contribution in [3.05, 3.63) is 54.5 Å². The zero-order valence-corrected chi connectivity index (χ0v) is 14.8. The van der Waals surface area contributed by atoms with Crippen molar-refractivity contribution < 1.29 is 4.79 Å². The Labute approximate surface area is 148 Å². The van der Waals surface area contributed by atoms with Gasteiger partial charge in [-0.15, -0.1) is 0 Å². The first-order valence-corrected chi connectivity index (χ1v) is 8.90. The lowest BCUT2D eigenvalue weighted by Crippen LogP contribution is -2.32. The number of benzene rings is 1. The number of nitrogens with one attached hydrogen (secondary N) is 1. The van der Waals surface area contributed by atoms with E-state index < -0.39 is 0 Å². The molecule has 0 bridgehead atoms. The first kappa shape index (κ1) is 17.1. The molecule has 2 aromatic heterocycles. The van der Waals surface area contributed by atoms with Crippen LogP contribution in [0.25, 0.3) is 16.9 Å². The Morgan fingerprint density at radius 2 is 1.88 bits per heavy atom. The Bertz CT molecular complexity index is 837. The van der Waals surface area contributed by atoms with Gasteiger partial charge in [0.1, 0.15) is 11.3 Å². The largest absolute Gasteiger partial charge is 0.355 e. The van der Waals surface area contributed by atoms with E-state index >= 15 is 0 Å². The number of hydrogen-bond donors (Lipinski definition) is 1. The molecule has 3 rings (SSSR count). The van der Waals surface area contributed by atoms with Crippen LogP contribution in [0, 0.1) is 5.92 Å². The minimum atomic E-state index is 0.0922. The molecule has 5 heteroatoms.